The van der Waals surface area contributed by atoms with Crippen LogP contribution >= 0.6 is 0 Å². The molecule has 2 aromatic rings. The highest BCUT2D eigenvalue weighted by Gasteiger charge is 2.31. The molecule has 0 atom stereocenters. The summed E-state index contributed by atoms with van der Waals surface area (Å²) in [7, 11) is -3.56. The van der Waals surface area contributed by atoms with Gasteiger partial charge < -0.3 is 10.2 Å². The van der Waals surface area contributed by atoms with E-state index < -0.39 is 15.9 Å². The largest absolute Gasteiger partial charge is 0.334 e. The summed E-state index contributed by atoms with van der Waals surface area (Å²) in [4.78, 5) is 27.5. The summed E-state index contributed by atoms with van der Waals surface area (Å²) in [5.74, 6) is -0.517. The van der Waals surface area contributed by atoms with Gasteiger partial charge in [-0.05, 0) is 42.3 Å². The Labute approximate surface area is 177 Å². The molecular formula is C22H27N3O4S. The second-order valence-corrected chi connectivity index (χ2v) is 9.07. The molecule has 0 bridgehead atoms. The molecule has 1 aliphatic heterocycles. The van der Waals surface area contributed by atoms with Gasteiger partial charge in [-0.15, -0.1) is 0 Å². The minimum absolute atomic E-state index is 0.127. The molecule has 0 radical (unpaired) electrons. The zero-order valence-electron chi connectivity index (χ0n) is 17.5. The number of hydrogen-bond donors (Lipinski definition) is 1. The number of anilines is 1. The molecule has 2 amide bonds. The van der Waals surface area contributed by atoms with Crippen LogP contribution in [0.3, 0.4) is 0 Å². The molecule has 8 heteroatoms. The van der Waals surface area contributed by atoms with Gasteiger partial charge in [0.05, 0.1) is 16.0 Å². The summed E-state index contributed by atoms with van der Waals surface area (Å²) in [6, 6.07) is 11.4. The van der Waals surface area contributed by atoms with Crippen molar-refractivity contribution in [2.75, 3.05) is 25.0 Å². The number of benzene rings is 2. The molecule has 160 valence electrons. The maximum Gasteiger partial charge on any atom is 0.256 e. The van der Waals surface area contributed by atoms with Crippen molar-refractivity contribution in [3.63, 3.8) is 0 Å². The fourth-order valence-electron chi connectivity index (χ4n) is 3.68. The van der Waals surface area contributed by atoms with Gasteiger partial charge >= 0.3 is 0 Å². The summed E-state index contributed by atoms with van der Waals surface area (Å²) in [6.07, 6.45) is 0.851. The van der Waals surface area contributed by atoms with Gasteiger partial charge in [-0.3, -0.25) is 9.59 Å². The van der Waals surface area contributed by atoms with Crippen LogP contribution in [0.4, 0.5) is 5.69 Å². The summed E-state index contributed by atoms with van der Waals surface area (Å²) in [5, 5.41) is 2.77. The van der Waals surface area contributed by atoms with Gasteiger partial charge in [-0.1, -0.05) is 32.9 Å². The standard InChI is InChI=1S/C22H27N3O4S/c1-4-14-24-15-16-8-7-9-19(20(16)22(24)27)21(26)23-17-10-12-18(13-11-17)30(28,29)25(5-2)6-3/h7-13H,4-6,14-15H2,1-3H3,(H,23,26). The Morgan fingerprint density at radius 3 is 2.33 bits per heavy atom. The molecule has 0 saturated carbocycles. The van der Waals surface area contributed by atoms with Crippen LogP contribution in [0.5, 0.6) is 0 Å². The molecule has 0 aliphatic carbocycles. The molecule has 0 spiro atoms. The number of rotatable bonds is 8. The Balaban J connectivity index is 1.81. The molecule has 7 nitrogen and oxygen atoms in total. The zero-order valence-corrected chi connectivity index (χ0v) is 18.3. The van der Waals surface area contributed by atoms with E-state index in [4.69, 9.17) is 0 Å². The van der Waals surface area contributed by atoms with E-state index in [2.05, 4.69) is 5.32 Å². The first kappa shape index (κ1) is 22.0. The van der Waals surface area contributed by atoms with E-state index in [1.165, 1.54) is 16.4 Å². The lowest BCUT2D eigenvalue weighted by Crippen LogP contribution is -2.30. The Bertz CT molecular complexity index is 1040. The summed E-state index contributed by atoms with van der Waals surface area (Å²) in [5.41, 5.74) is 2.09. The highest BCUT2D eigenvalue weighted by molar-refractivity contribution is 7.89. The molecule has 0 saturated heterocycles. The third kappa shape index (κ3) is 4.11. The molecule has 2 aromatic carbocycles. The van der Waals surface area contributed by atoms with Gasteiger partial charge in [0.1, 0.15) is 0 Å². The van der Waals surface area contributed by atoms with E-state index in [0.29, 0.717) is 43.0 Å². The van der Waals surface area contributed by atoms with Gasteiger partial charge in [0.15, 0.2) is 0 Å². The fourth-order valence-corrected chi connectivity index (χ4v) is 5.14. The van der Waals surface area contributed by atoms with Crippen molar-refractivity contribution in [2.45, 2.75) is 38.6 Å². The molecular weight excluding hydrogens is 402 g/mol. The van der Waals surface area contributed by atoms with Crippen molar-refractivity contribution in [1.29, 1.82) is 0 Å². The average Bonchev–Trinajstić information content (AvgIpc) is 3.05. The quantitative estimate of drug-likeness (QED) is 0.697. The Kier molecular flexibility index (Phi) is 6.58. The number of nitrogens with zero attached hydrogens (tertiary/aromatic N) is 2. The first-order valence-electron chi connectivity index (χ1n) is 10.2. The number of nitrogens with one attached hydrogen (secondary N) is 1. The van der Waals surface area contributed by atoms with E-state index in [9.17, 15) is 18.0 Å². The van der Waals surface area contributed by atoms with E-state index >= 15 is 0 Å². The minimum atomic E-state index is -3.56. The van der Waals surface area contributed by atoms with Crippen molar-refractivity contribution in [2.24, 2.45) is 0 Å². The Hall–Kier alpha value is -2.71. The monoisotopic (exact) mass is 429 g/mol. The van der Waals surface area contributed by atoms with Crippen LogP contribution in [0.25, 0.3) is 0 Å². The molecule has 0 fully saturated rings. The van der Waals surface area contributed by atoms with Gasteiger partial charge in [-0.2, -0.15) is 4.31 Å². The number of carbonyl (C=O) groups excluding carboxylic acids is 2. The van der Waals surface area contributed by atoms with Crippen LogP contribution in [0.2, 0.25) is 0 Å². The molecule has 1 heterocycles. The maximum absolute atomic E-state index is 12.9. The number of sulfonamides is 1. The van der Waals surface area contributed by atoms with Crippen molar-refractivity contribution in [3.8, 4) is 0 Å². The topological polar surface area (TPSA) is 86.8 Å². The van der Waals surface area contributed by atoms with Gasteiger partial charge in [0, 0.05) is 31.9 Å². The van der Waals surface area contributed by atoms with Crippen LogP contribution in [0, 0.1) is 0 Å². The van der Waals surface area contributed by atoms with E-state index in [-0.39, 0.29) is 10.8 Å². The lowest BCUT2D eigenvalue weighted by atomic mass is 10.0. The van der Waals surface area contributed by atoms with Crippen molar-refractivity contribution in [1.82, 2.24) is 9.21 Å². The maximum atomic E-state index is 12.9. The third-order valence-corrected chi connectivity index (χ3v) is 7.27. The number of carbonyl (C=O) groups is 2. The summed E-state index contributed by atoms with van der Waals surface area (Å²) >= 11 is 0. The van der Waals surface area contributed by atoms with E-state index in [1.54, 1.807) is 43.0 Å². The molecule has 1 aliphatic rings. The highest BCUT2D eigenvalue weighted by Crippen LogP contribution is 2.27. The van der Waals surface area contributed by atoms with Crippen molar-refractivity contribution >= 4 is 27.5 Å². The predicted octanol–water partition coefficient (Wildman–Crippen LogP) is 3.34. The second kappa shape index (κ2) is 8.97. The second-order valence-electron chi connectivity index (χ2n) is 7.13. The molecule has 1 N–H and O–H groups in total. The van der Waals surface area contributed by atoms with E-state index in [0.717, 1.165) is 12.0 Å². The van der Waals surface area contributed by atoms with Gasteiger partial charge in [0.25, 0.3) is 11.8 Å². The lowest BCUT2D eigenvalue weighted by Gasteiger charge is -2.18. The highest BCUT2D eigenvalue weighted by atomic mass is 32.2. The number of fused-ring (bicyclic) bond motifs is 1. The van der Waals surface area contributed by atoms with Gasteiger partial charge in [-0.25, -0.2) is 8.42 Å². The summed E-state index contributed by atoms with van der Waals surface area (Å²) in [6.45, 7) is 7.53. The SMILES string of the molecule is CCCN1Cc2cccc(C(=O)Nc3ccc(S(=O)(=O)N(CC)CC)cc3)c2C1=O. The first-order valence-corrected chi connectivity index (χ1v) is 11.6. The molecule has 3 rings (SSSR count). The van der Waals surface area contributed by atoms with Crippen LogP contribution in [-0.4, -0.2) is 49.1 Å². The number of amides is 2. The lowest BCUT2D eigenvalue weighted by molar-refractivity contribution is 0.0774. The van der Waals surface area contributed by atoms with Crippen LogP contribution in [0.15, 0.2) is 47.4 Å². The number of hydrogen-bond acceptors (Lipinski definition) is 4. The van der Waals surface area contributed by atoms with Gasteiger partial charge in [0.2, 0.25) is 10.0 Å². The molecule has 30 heavy (non-hydrogen) atoms. The van der Waals surface area contributed by atoms with E-state index in [1.807, 2.05) is 13.0 Å². The van der Waals surface area contributed by atoms with Crippen LogP contribution < -0.4 is 5.32 Å². The van der Waals surface area contributed by atoms with Crippen molar-refractivity contribution < 1.29 is 18.0 Å². The average molecular weight is 430 g/mol. The normalized spacial score (nSPS) is 13.6. The zero-order chi connectivity index (χ0) is 21.9. The van der Waals surface area contributed by atoms with Crippen molar-refractivity contribution in [3.05, 3.63) is 59.2 Å². The molecule has 0 unspecified atom stereocenters. The Morgan fingerprint density at radius 2 is 1.73 bits per heavy atom. The van der Waals surface area contributed by atoms with Crippen LogP contribution in [0.1, 0.15) is 53.5 Å². The summed E-state index contributed by atoms with van der Waals surface area (Å²) < 4.78 is 26.6. The smallest absolute Gasteiger partial charge is 0.256 e. The van der Waals surface area contributed by atoms with Crippen LogP contribution in [-0.2, 0) is 16.6 Å². The third-order valence-electron chi connectivity index (χ3n) is 5.21. The Morgan fingerprint density at radius 1 is 1.07 bits per heavy atom. The molecule has 0 aromatic heterocycles. The first-order chi connectivity index (χ1) is 14.3. The fraction of sp³-hybridized carbons (Fsp3) is 0.364. The minimum Gasteiger partial charge on any atom is -0.334 e. The predicted molar refractivity (Wildman–Crippen MR) is 116 cm³/mol.